The van der Waals surface area contributed by atoms with Gasteiger partial charge < -0.3 is 0 Å². The molecule has 1 aromatic rings. The lowest BCUT2D eigenvalue weighted by Crippen LogP contribution is -2.02. The van der Waals surface area contributed by atoms with Crippen molar-refractivity contribution in [3.05, 3.63) is 29.3 Å². The molecule has 66 valence electrons. The number of hydrogen-bond acceptors (Lipinski definition) is 1. The maximum Gasteiger partial charge on any atom is 0.221 e. The van der Waals surface area contributed by atoms with Crippen LogP contribution in [0.25, 0.3) is 0 Å². The van der Waals surface area contributed by atoms with Crippen molar-refractivity contribution in [2.75, 3.05) is 0 Å². The first kappa shape index (κ1) is 9.03. The highest BCUT2D eigenvalue weighted by Gasteiger charge is 2.15. The molecule has 0 aliphatic heterocycles. The van der Waals surface area contributed by atoms with E-state index in [1.165, 1.54) is 0 Å². The van der Waals surface area contributed by atoms with Crippen LogP contribution in [0.3, 0.4) is 0 Å². The third-order valence-corrected chi connectivity index (χ3v) is 1.51. The molecule has 0 atom stereocenters. The second-order valence-electron chi connectivity index (χ2n) is 2.79. The molecular weight excluding hydrogens is 167 g/mol. The molecule has 0 spiro atoms. The van der Waals surface area contributed by atoms with Crippen molar-refractivity contribution in [3.63, 3.8) is 0 Å². The smallest absolute Gasteiger partial charge is 0.206 e. The molecule has 0 bridgehead atoms. The van der Waals surface area contributed by atoms with Gasteiger partial charge in [-0.3, -0.25) is 0 Å². The normalized spacial score (nSPS) is 10.8. The summed E-state index contributed by atoms with van der Waals surface area (Å²) in [6, 6.07) is 0.582. The lowest BCUT2D eigenvalue weighted by Gasteiger charge is -2.06. The van der Waals surface area contributed by atoms with Gasteiger partial charge in [-0.05, 0) is 5.92 Å². The molecule has 0 unspecified atom stereocenters. The molecule has 1 aromatic heterocycles. The zero-order valence-corrected chi connectivity index (χ0v) is 6.74. The van der Waals surface area contributed by atoms with Crippen LogP contribution in [0.4, 0.5) is 13.2 Å². The highest BCUT2D eigenvalue weighted by Crippen LogP contribution is 2.20. The van der Waals surface area contributed by atoms with Crippen LogP contribution in [0.15, 0.2) is 6.07 Å². The third kappa shape index (κ3) is 1.57. The standard InChI is InChI=1S/C8H8F3N/c1-4(2)7-5(9)3-6(10)12-8(7)11/h3-4H,1-2H3. The van der Waals surface area contributed by atoms with E-state index < -0.39 is 17.7 Å². The Balaban J connectivity index is 3.28. The van der Waals surface area contributed by atoms with Gasteiger partial charge in [0.1, 0.15) is 5.82 Å². The van der Waals surface area contributed by atoms with Crippen LogP contribution >= 0.6 is 0 Å². The van der Waals surface area contributed by atoms with Crippen molar-refractivity contribution in [2.24, 2.45) is 0 Å². The Morgan fingerprint density at radius 1 is 1.25 bits per heavy atom. The predicted octanol–water partition coefficient (Wildman–Crippen LogP) is 2.62. The highest BCUT2D eigenvalue weighted by atomic mass is 19.1. The van der Waals surface area contributed by atoms with E-state index in [9.17, 15) is 13.2 Å². The van der Waals surface area contributed by atoms with E-state index in [-0.39, 0.29) is 11.5 Å². The predicted molar refractivity (Wildman–Crippen MR) is 38.2 cm³/mol. The first-order valence-corrected chi connectivity index (χ1v) is 3.53. The van der Waals surface area contributed by atoms with Gasteiger partial charge >= 0.3 is 0 Å². The van der Waals surface area contributed by atoms with E-state index >= 15 is 0 Å². The molecule has 0 radical (unpaired) electrons. The highest BCUT2D eigenvalue weighted by molar-refractivity contribution is 5.17. The fourth-order valence-corrected chi connectivity index (χ4v) is 0.981. The molecule has 0 aromatic carbocycles. The molecule has 0 saturated carbocycles. The van der Waals surface area contributed by atoms with Gasteiger partial charge in [-0.15, -0.1) is 0 Å². The van der Waals surface area contributed by atoms with Crippen molar-refractivity contribution in [2.45, 2.75) is 19.8 Å². The van der Waals surface area contributed by atoms with Crippen molar-refractivity contribution in [3.8, 4) is 0 Å². The molecule has 0 N–H and O–H groups in total. The van der Waals surface area contributed by atoms with Crippen molar-refractivity contribution >= 4 is 0 Å². The van der Waals surface area contributed by atoms with Crippen LogP contribution in [-0.4, -0.2) is 4.98 Å². The first-order chi connectivity index (χ1) is 5.52. The molecule has 0 fully saturated rings. The van der Waals surface area contributed by atoms with E-state index in [1.807, 2.05) is 0 Å². The summed E-state index contributed by atoms with van der Waals surface area (Å²) < 4.78 is 37.9. The van der Waals surface area contributed by atoms with Crippen LogP contribution in [0.2, 0.25) is 0 Å². The fraction of sp³-hybridized carbons (Fsp3) is 0.375. The molecule has 12 heavy (non-hydrogen) atoms. The van der Waals surface area contributed by atoms with Gasteiger partial charge in [0.15, 0.2) is 0 Å². The summed E-state index contributed by atoms with van der Waals surface area (Å²) in [7, 11) is 0. The van der Waals surface area contributed by atoms with Gasteiger partial charge in [0.2, 0.25) is 11.9 Å². The summed E-state index contributed by atoms with van der Waals surface area (Å²) >= 11 is 0. The third-order valence-electron chi connectivity index (χ3n) is 1.51. The molecular formula is C8H8F3N. The number of aromatic nitrogens is 1. The van der Waals surface area contributed by atoms with Crippen LogP contribution in [0.1, 0.15) is 25.3 Å². The van der Waals surface area contributed by atoms with E-state index in [2.05, 4.69) is 4.98 Å². The summed E-state index contributed by atoms with van der Waals surface area (Å²) in [5.74, 6) is -3.41. The van der Waals surface area contributed by atoms with Gasteiger partial charge in [0.25, 0.3) is 0 Å². The van der Waals surface area contributed by atoms with Gasteiger partial charge in [-0.25, -0.2) is 4.39 Å². The molecule has 1 nitrogen and oxygen atoms in total. The summed E-state index contributed by atoms with van der Waals surface area (Å²) in [6.07, 6.45) is 0. The Morgan fingerprint density at radius 2 is 1.83 bits per heavy atom. The summed E-state index contributed by atoms with van der Waals surface area (Å²) in [6.45, 7) is 3.22. The monoisotopic (exact) mass is 175 g/mol. The topological polar surface area (TPSA) is 12.9 Å². The summed E-state index contributed by atoms with van der Waals surface area (Å²) in [5, 5.41) is 0. The zero-order chi connectivity index (χ0) is 9.30. The summed E-state index contributed by atoms with van der Waals surface area (Å²) in [4.78, 5) is 2.88. The Labute approximate surface area is 68.2 Å². The SMILES string of the molecule is CC(C)c1c(F)cc(F)nc1F. The van der Waals surface area contributed by atoms with Gasteiger partial charge in [-0.2, -0.15) is 13.8 Å². The average molecular weight is 175 g/mol. The largest absolute Gasteiger partial charge is 0.221 e. The van der Waals surface area contributed by atoms with Crippen molar-refractivity contribution in [1.82, 2.24) is 4.98 Å². The number of pyridine rings is 1. The van der Waals surface area contributed by atoms with Crippen LogP contribution < -0.4 is 0 Å². The second kappa shape index (κ2) is 3.13. The lowest BCUT2D eigenvalue weighted by molar-refractivity contribution is 0.464. The lowest BCUT2D eigenvalue weighted by atomic mass is 10.1. The summed E-state index contributed by atoms with van der Waals surface area (Å²) in [5.41, 5.74) is -0.170. The van der Waals surface area contributed by atoms with Crippen LogP contribution in [0.5, 0.6) is 0 Å². The number of hydrogen-bond donors (Lipinski definition) is 0. The maximum atomic E-state index is 12.8. The molecule has 0 saturated heterocycles. The Hall–Kier alpha value is -1.06. The Kier molecular flexibility index (Phi) is 2.35. The molecule has 0 amide bonds. The first-order valence-electron chi connectivity index (χ1n) is 3.53. The number of halogens is 3. The Bertz CT molecular complexity index is 273. The average Bonchev–Trinajstić information content (AvgIpc) is 1.82. The second-order valence-corrected chi connectivity index (χ2v) is 2.79. The van der Waals surface area contributed by atoms with Crippen LogP contribution in [-0.2, 0) is 0 Å². The molecule has 1 rings (SSSR count). The van der Waals surface area contributed by atoms with E-state index in [4.69, 9.17) is 0 Å². The minimum atomic E-state index is -1.13. The molecule has 4 heteroatoms. The molecule has 1 heterocycles. The quantitative estimate of drug-likeness (QED) is 0.598. The van der Waals surface area contributed by atoms with E-state index in [1.54, 1.807) is 13.8 Å². The zero-order valence-electron chi connectivity index (χ0n) is 6.74. The van der Waals surface area contributed by atoms with Crippen LogP contribution in [0, 0.1) is 17.7 Å². The van der Waals surface area contributed by atoms with Crippen molar-refractivity contribution in [1.29, 1.82) is 0 Å². The maximum absolute atomic E-state index is 12.8. The van der Waals surface area contributed by atoms with Gasteiger partial charge in [-0.1, -0.05) is 13.8 Å². The van der Waals surface area contributed by atoms with E-state index in [0.29, 0.717) is 6.07 Å². The fourth-order valence-electron chi connectivity index (χ4n) is 0.981. The minimum Gasteiger partial charge on any atom is -0.206 e. The number of rotatable bonds is 1. The Morgan fingerprint density at radius 3 is 2.25 bits per heavy atom. The minimum absolute atomic E-state index is 0.170. The van der Waals surface area contributed by atoms with E-state index in [0.717, 1.165) is 0 Å². The van der Waals surface area contributed by atoms with Gasteiger partial charge in [0.05, 0.1) is 0 Å². The molecule has 0 aliphatic carbocycles. The number of nitrogens with zero attached hydrogens (tertiary/aromatic N) is 1. The van der Waals surface area contributed by atoms with Crippen molar-refractivity contribution < 1.29 is 13.2 Å². The molecule has 0 aliphatic rings. The van der Waals surface area contributed by atoms with Gasteiger partial charge in [0, 0.05) is 11.6 Å².